The van der Waals surface area contributed by atoms with Crippen LogP contribution in [-0.4, -0.2) is 18.6 Å². The highest BCUT2D eigenvalue weighted by atomic mass is 16.5. The number of nitrogens with one attached hydrogen (secondary N) is 1. The van der Waals surface area contributed by atoms with E-state index >= 15 is 0 Å². The van der Waals surface area contributed by atoms with E-state index in [0.717, 1.165) is 28.2 Å². The lowest BCUT2D eigenvalue weighted by molar-refractivity contribution is -0.128. The summed E-state index contributed by atoms with van der Waals surface area (Å²) in [6.45, 7) is 10.5. The zero-order chi connectivity index (χ0) is 19.1. The van der Waals surface area contributed by atoms with Gasteiger partial charge in [-0.3, -0.25) is 4.79 Å². The molecule has 0 aliphatic carbocycles. The minimum Gasteiger partial charge on any atom is -0.494 e. The summed E-state index contributed by atoms with van der Waals surface area (Å²) in [5.74, 6) is 1.50. The van der Waals surface area contributed by atoms with E-state index in [1.165, 1.54) is 0 Å². The second kappa shape index (κ2) is 9.27. The summed E-state index contributed by atoms with van der Waals surface area (Å²) in [7, 11) is 0. The number of hydrogen-bond acceptors (Lipinski definition) is 3. The Balaban J connectivity index is 2.02. The average Bonchev–Trinajstić information content (AvgIpc) is 2.63. The molecule has 0 fully saturated rings. The van der Waals surface area contributed by atoms with Crippen molar-refractivity contribution in [3.63, 3.8) is 0 Å². The molecular weight excluding hydrogens is 326 g/mol. The summed E-state index contributed by atoms with van der Waals surface area (Å²) in [5, 5.41) is 3.05. The van der Waals surface area contributed by atoms with Crippen LogP contribution >= 0.6 is 0 Å². The van der Waals surface area contributed by atoms with Crippen LogP contribution in [0.5, 0.6) is 11.5 Å². The average molecular weight is 355 g/mol. The number of ether oxygens (including phenoxy) is 2. The maximum atomic E-state index is 12.7. The Labute approximate surface area is 156 Å². The van der Waals surface area contributed by atoms with Gasteiger partial charge in [-0.05, 0) is 69.0 Å². The Hall–Kier alpha value is -2.49. The van der Waals surface area contributed by atoms with Crippen molar-refractivity contribution in [3.05, 3.63) is 59.2 Å². The van der Waals surface area contributed by atoms with Crippen LogP contribution in [0, 0.1) is 13.8 Å². The van der Waals surface area contributed by atoms with Crippen molar-refractivity contribution in [2.75, 3.05) is 6.61 Å². The van der Waals surface area contributed by atoms with Crippen LogP contribution in [0.3, 0.4) is 0 Å². The molecule has 0 unspecified atom stereocenters. The Bertz CT molecular complexity index is 725. The first-order valence-corrected chi connectivity index (χ1v) is 9.21. The standard InChI is InChI=1S/C22H29NO3/c1-6-20(26-21-14-15(3)8-9-16(21)4)22(24)23-17(5)18-10-12-19(13-11-18)25-7-2/h8-14,17,20H,6-7H2,1-5H3,(H,23,24)/t17-,20+/m0/s1. The largest absolute Gasteiger partial charge is 0.494 e. The van der Waals surface area contributed by atoms with E-state index in [9.17, 15) is 4.79 Å². The zero-order valence-corrected chi connectivity index (χ0v) is 16.3. The van der Waals surface area contributed by atoms with Crippen molar-refractivity contribution in [1.29, 1.82) is 0 Å². The fourth-order valence-electron chi connectivity index (χ4n) is 2.72. The third kappa shape index (κ3) is 5.25. The van der Waals surface area contributed by atoms with Crippen LogP contribution in [-0.2, 0) is 4.79 Å². The maximum absolute atomic E-state index is 12.7. The molecule has 1 N–H and O–H groups in total. The molecule has 0 aliphatic rings. The van der Waals surface area contributed by atoms with Gasteiger partial charge in [0.25, 0.3) is 5.91 Å². The Morgan fingerprint density at radius 3 is 2.38 bits per heavy atom. The Morgan fingerprint density at radius 1 is 1.08 bits per heavy atom. The molecule has 4 heteroatoms. The molecule has 0 aliphatic heterocycles. The summed E-state index contributed by atoms with van der Waals surface area (Å²) >= 11 is 0. The number of amides is 1. The molecule has 140 valence electrons. The smallest absolute Gasteiger partial charge is 0.261 e. The van der Waals surface area contributed by atoms with Gasteiger partial charge in [-0.1, -0.05) is 31.2 Å². The van der Waals surface area contributed by atoms with Gasteiger partial charge in [0, 0.05) is 0 Å². The Morgan fingerprint density at radius 2 is 1.77 bits per heavy atom. The Kier molecular flexibility index (Phi) is 7.07. The lowest BCUT2D eigenvalue weighted by Gasteiger charge is -2.22. The minimum atomic E-state index is -0.513. The minimum absolute atomic E-state index is 0.102. The summed E-state index contributed by atoms with van der Waals surface area (Å²) < 4.78 is 11.4. The number of benzene rings is 2. The van der Waals surface area contributed by atoms with E-state index in [-0.39, 0.29) is 11.9 Å². The first-order valence-electron chi connectivity index (χ1n) is 9.21. The first-order chi connectivity index (χ1) is 12.4. The van der Waals surface area contributed by atoms with Crippen LogP contribution in [0.1, 0.15) is 49.9 Å². The summed E-state index contributed by atoms with van der Waals surface area (Å²) in [6.07, 6.45) is 0.0931. The van der Waals surface area contributed by atoms with Crippen molar-refractivity contribution in [1.82, 2.24) is 5.32 Å². The molecule has 0 bridgehead atoms. The van der Waals surface area contributed by atoms with Crippen LogP contribution in [0.4, 0.5) is 0 Å². The first kappa shape index (κ1) is 19.8. The highest BCUT2D eigenvalue weighted by molar-refractivity contribution is 5.81. The topological polar surface area (TPSA) is 47.6 Å². The third-order valence-corrected chi connectivity index (χ3v) is 4.33. The number of carbonyl (C=O) groups is 1. The molecular formula is C22H29NO3. The number of aryl methyl sites for hydroxylation is 2. The molecule has 0 heterocycles. The van der Waals surface area contributed by atoms with Gasteiger partial charge in [-0.15, -0.1) is 0 Å². The highest BCUT2D eigenvalue weighted by Crippen LogP contribution is 2.22. The highest BCUT2D eigenvalue weighted by Gasteiger charge is 2.21. The lowest BCUT2D eigenvalue weighted by atomic mass is 10.1. The van der Waals surface area contributed by atoms with Gasteiger partial charge >= 0.3 is 0 Å². The number of carbonyl (C=O) groups excluding carboxylic acids is 1. The van der Waals surface area contributed by atoms with E-state index < -0.39 is 6.10 Å². The third-order valence-electron chi connectivity index (χ3n) is 4.33. The van der Waals surface area contributed by atoms with Crippen molar-refractivity contribution < 1.29 is 14.3 Å². The summed E-state index contributed by atoms with van der Waals surface area (Å²) in [4.78, 5) is 12.7. The van der Waals surface area contributed by atoms with Crippen LogP contribution in [0.2, 0.25) is 0 Å². The normalized spacial score (nSPS) is 13.0. The SMILES string of the molecule is CCOc1ccc([C@H](C)NC(=O)[C@@H](CC)Oc2cc(C)ccc2C)cc1. The molecule has 2 aromatic carbocycles. The lowest BCUT2D eigenvalue weighted by Crippen LogP contribution is -2.39. The molecule has 1 amide bonds. The number of hydrogen-bond donors (Lipinski definition) is 1. The summed E-state index contributed by atoms with van der Waals surface area (Å²) in [5.41, 5.74) is 3.17. The van der Waals surface area contributed by atoms with E-state index in [1.54, 1.807) is 0 Å². The maximum Gasteiger partial charge on any atom is 0.261 e. The van der Waals surface area contributed by atoms with E-state index in [0.29, 0.717) is 13.0 Å². The molecule has 0 spiro atoms. The molecule has 2 aromatic rings. The van der Waals surface area contributed by atoms with Gasteiger partial charge in [0.05, 0.1) is 12.6 Å². The predicted molar refractivity (Wildman–Crippen MR) is 105 cm³/mol. The molecule has 0 aromatic heterocycles. The monoisotopic (exact) mass is 355 g/mol. The van der Waals surface area contributed by atoms with Crippen molar-refractivity contribution >= 4 is 5.91 Å². The van der Waals surface area contributed by atoms with Gasteiger partial charge in [0.1, 0.15) is 11.5 Å². The molecule has 0 radical (unpaired) electrons. The van der Waals surface area contributed by atoms with Crippen LogP contribution < -0.4 is 14.8 Å². The van der Waals surface area contributed by atoms with Crippen LogP contribution in [0.25, 0.3) is 0 Å². The fourth-order valence-corrected chi connectivity index (χ4v) is 2.72. The van der Waals surface area contributed by atoms with Gasteiger partial charge in [-0.2, -0.15) is 0 Å². The zero-order valence-electron chi connectivity index (χ0n) is 16.3. The van der Waals surface area contributed by atoms with E-state index in [4.69, 9.17) is 9.47 Å². The van der Waals surface area contributed by atoms with Crippen LogP contribution in [0.15, 0.2) is 42.5 Å². The van der Waals surface area contributed by atoms with Crippen molar-refractivity contribution in [2.24, 2.45) is 0 Å². The molecule has 0 saturated carbocycles. The van der Waals surface area contributed by atoms with Gasteiger partial charge < -0.3 is 14.8 Å². The molecule has 4 nitrogen and oxygen atoms in total. The number of rotatable bonds is 8. The molecule has 0 saturated heterocycles. The van der Waals surface area contributed by atoms with E-state index in [1.807, 2.05) is 77.1 Å². The fraction of sp³-hybridized carbons (Fsp3) is 0.409. The molecule has 26 heavy (non-hydrogen) atoms. The second-order valence-electron chi connectivity index (χ2n) is 6.52. The van der Waals surface area contributed by atoms with Crippen molar-refractivity contribution in [2.45, 2.75) is 53.2 Å². The van der Waals surface area contributed by atoms with Gasteiger partial charge in [0.2, 0.25) is 0 Å². The molecule has 2 rings (SSSR count). The van der Waals surface area contributed by atoms with Gasteiger partial charge in [0.15, 0.2) is 6.10 Å². The van der Waals surface area contributed by atoms with Crippen molar-refractivity contribution in [3.8, 4) is 11.5 Å². The second-order valence-corrected chi connectivity index (χ2v) is 6.52. The predicted octanol–water partition coefficient (Wildman–Crippen LogP) is 4.74. The molecule has 2 atom stereocenters. The van der Waals surface area contributed by atoms with Gasteiger partial charge in [-0.25, -0.2) is 0 Å². The quantitative estimate of drug-likeness (QED) is 0.744. The summed E-state index contributed by atoms with van der Waals surface area (Å²) in [6, 6.07) is 13.7. The van der Waals surface area contributed by atoms with E-state index in [2.05, 4.69) is 5.32 Å².